The third-order valence-corrected chi connectivity index (χ3v) is 5.03. The molecule has 0 aliphatic heterocycles. The molecule has 0 unspecified atom stereocenters. The first kappa shape index (κ1) is 19.4. The number of rotatable bonds is 7. The van der Waals surface area contributed by atoms with E-state index >= 15 is 0 Å². The molecule has 5 heteroatoms. The maximum atomic E-state index is 12.9. The second-order valence-electron chi connectivity index (χ2n) is 7.22. The van der Waals surface area contributed by atoms with E-state index in [1.807, 2.05) is 55.5 Å². The van der Waals surface area contributed by atoms with E-state index in [0.717, 1.165) is 22.4 Å². The highest BCUT2D eigenvalue weighted by Gasteiger charge is 2.24. The lowest BCUT2D eigenvalue weighted by Gasteiger charge is -2.21. The molecule has 0 saturated carbocycles. The summed E-state index contributed by atoms with van der Waals surface area (Å²) in [5.41, 5.74) is 2.88. The molecule has 1 atom stereocenters. The first-order chi connectivity index (χ1) is 13.0. The van der Waals surface area contributed by atoms with Gasteiger partial charge in [-0.15, -0.1) is 0 Å². The minimum atomic E-state index is -0.298. The molecule has 0 radical (unpaired) electrons. The van der Waals surface area contributed by atoms with E-state index in [4.69, 9.17) is 16.6 Å². The minimum absolute atomic E-state index is 0.0368. The van der Waals surface area contributed by atoms with Crippen LogP contribution in [-0.4, -0.2) is 22.0 Å². The average molecular weight is 384 g/mol. The van der Waals surface area contributed by atoms with Crippen molar-refractivity contribution in [2.45, 2.75) is 39.7 Å². The van der Waals surface area contributed by atoms with Gasteiger partial charge in [-0.05, 0) is 36.1 Å². The third kappa shape index (κ3) is 4.33. The standard InChI is InChI=1S/C22H26ClN3O/c1-4-19(22(27)24-14-15(2)3)26-20-12-8-7-11-18(20)25-21(26)13-16-9-5-6-10-17(16)23/h5-12,15,19H,4,13-14H2,1-3H3,(H,24,27)/t19-/m1/s1. The fourth-order valence-electron chi connectivity index (χ4n) is 3.29. The summed E-state index contributed by atoms with van der Waals surface area (Å²) in [4.78, 5) is 17.7. The Balaban J connectivity index is 2.04. The third-order valence-electron chi connectivity index (χ3n) is 4.66. The number of nitrogens with zero attached hydrogens (tertiary/aromatic N) is 2. The molecular weight excluding hydrogens is 358 g/mol. The lowest BCUT2D eigenvalue weighted by atomic mass is 10.1. The highest BCUT2D eigenvalue weighted by atomic mass is 35.5. The van der Waals surface area contributed by atoms with Gasteiger partial charge in [0.25, 0.3) is 0 Å². The monoisotopic (exact) mass is 383 g/mol. The van der Waals surface area contributed by atoms with Crippen molar-refractivity contribution in [1.82, 2.24) is 14.9 Å². The Hall–Kier alpha value is -2.33. The van der Waals surface area contributed by atoms with Gasteiger partial charge in [0.2, 0.25) is 5.91 Å². The predicted molar refractivity (Wildman–Crippen MR) is 111 cm³/mol. The van der Waals surface area contributed by atoms with E-state index in [0.29, 0.717) is 30.3 Å². The molecule has 0 fully saturated rings. The Kier molecular flexibility index (Phi) is 6.17. The van der Waals surface area contributed by atoms with Crippen LogP contribution in [0.2, 0.25) is 5.02 Å². The summed E-state index contributed by atoms with van der Waals surface area (Å²) in [5.74, 6) is 1.30. The van der Waals surface area contributed by atoms with Crippen LogP contribution in [0, 0.1) is 5.92 Å². The van der Waals surface area contributed by atoms with Crippen LogP contribution in [0.5, 0.6) is 0 Å². The van der Waals surface area contributed by atoms with Crippen molar-refractivity contribution < 1.29 is 4.79 Å². The van der Waals surface area contributed by atoms with Gasteiger partial charge in [-0.25, -0.2) is 4.98 Å². The van der Waals surface area contributed by atoms with E-state index in [1.54, 1.807) is 0 Å². The molecule has 1 aromatic heterocycles. The quantitative estimate of drug-likeness (QED) is 0.623. The van der Waals surface area contributed by atoms with Crippen LogP contribution < -0.4 is 5.32 Å². The number of amides is 1. The molecule has 142 valence electrons. The maximum Gasteiger partial charge on any atom is 0.243 e. The first-order valence-electron chi connectivity index (χ1n) is 9.48. The second-order valence-corrected chi connectivity index (χ2v) is 7.63. The van der Waals surface area contributed by atoms with Gasteiger partial charge in [0.1, 0.15) is 11.9 Å². The summed E-state index contributed by atoms with van der Waals surface area (Å²) in [7, 11) is 0. The Morgan fingerprint density at radius 1 is 1.15 bits per heavy atom. The van der Waals surface area contributed by atoms with E-state index in [1.165, 1.54) is 0 Å². The Morgan fingerprint density at radius 3 is 2.56 bits per heavy atom. The van der Waals surface area contributed by atoms with Crippen molar-refractivity contribution in [3.8, 4) is 0 Å². The maximum absolute atomic E-state index is 12.9. The number of carbonyl (C=O) groups excluding carboxylic acids is 1. The topological polar surface area (TPSA) is 46.9 Å². The number of imidazole rings is 1. The molecule has 0 aliphatic rings. The molecule has 0 saturated heterocycles. The summed E-state index contributed by atoms with van der Waals surface area (Å²) in [5, 5.41) is 3.79. The average Bonchev–Trinajstić information content (AvgIpc) is 3.01. The molecule has 27 heavy (non-hydrogen) atoms. The molecule has 0 aliphatic carbocycles. The van der Waals surface area contributed by atoms with Crippen LogP contribution in [0.4, 0.5) is 0 Å². The Bertz CT molecular complexity index is 932. The van der Waals surface area contributed by atoms with Gasteiger partial charge < -0.3 is 9.88 Å². The van der Waals surface area contributed by atoms with E-state index in [-0.39, 0.29) is 11.9 Å². The lowest BCUT2D eigenvalue weighted by Crippen LogP contribution is -2.35. The molecule has 1 amide bonds. The van der Waals surface area contributed by atoms with Crippen molar-refractivity contribution in [1.29, 1.82) is 0 Å². The highest BCUT2D eigenvalue weighted by molar-refractivity contribution is 6.31. The van der Waals surface area contributed by atoms with Crippen molar-refractivity contribution >= 4 is 28.5 Å². The van der Waals surface area contributed by atoms with Crippen LogP contribution >= 0.6 is 11.6 Å². The van der Waals surface area contributed by atoms with E-state index in [2.05, 4.69) is 23.7 Å². The molecule has 0 spiro atoms. The molecule has 0 bridgehead atoms. The van der Waals surface area contributed by atoms with Crippen LogP contribution in [0.25, 0.3) is 11.0 Å². The van der Waals surface area contributed by atoms with Crippen LogP contribution in [0.3, 0.4) is 0 Å². The molecular formula is C22H26ClN3O. The number of halogens is 1. The van der Waals surface area contributed by atoms with Crippen LogP contribution in [0.15, 0.2) is 48.5 Å². The van der Waals surface area contributed by atoms with Gasteiger partial charge in [-0.1, -0.05) is 62.7 Å². The number of hydrogen-bond donors (Lipinski definition) is 1. The minimum Gasteiger partial charge on any atom is -0.354 e. The molecule has 3 aromatic rings. The van der Waals surface area contributed by atoms with Crippen LogP contribution in [0.1, 0.15) is 44.6 Å². The number of benzene rings is 2. The normalized spacial score (nSPS) is 12.5. The van der Waals surface area contributed by atoms with Gasteiger partial charge in [-0.2, -0.15) is 0 Å². The molecule has 1 N–H and O–H groups in total. The van der Waals surface area contributed by atoms with Gasteiger partial charge >= 0.3 is 0 Å². The number of hydrogen-bond acceptors (Lipinski definition) is 2. The summed E-state index contributed by atoms with van der Waals surface area (Å²) in [6.45, 7) is 6.89. The highest BCUT2D eigenvalue weighted by Crippen LogP contribution is 2.27. The van der Waals surface area contributed by atoms with Gasteiger partial charge in [0.05, 0.1) is 11.0 Å². The fourth-order valence-corrected chi connectivity index (χ4v) is 3.49. The Morgan fingerprint density at radius 2 is 1.85 bits per heavy atom. The largest absolute Gasteiger partial charge is 0.354 e. The molecule has 3 rings (SSSR count). The number of carbonyl (C=O) groups is 1. The lowest BCUT2D eigenvalue weighted by molar-refractivity contribution is -0.124. The molecule has 4 nitrogen and oxygen atoms in total. The summed E-state index contributed by atoms with van der Waals surface area (Å²) in [6, 6.07) is 15.5. The zero-order chi connectivity index (χ0) is 19.4. The first-order valence-corrected chi connectivity index (χ1v) is 9.86. The van der Waals surface area contributed by atoms with Gasteiger partial charge in [0.15, 0.2) is 0 Å². The zero-order valence-electron chi connectivity index (χ0n) is 16.1. The van der Waals surface area contributed by atoms with E-state index in [9.17, 15) is 4.79 Å². The number of fused-ring (bicyclic) bond motifs is 1. The number of nitrogens with one attached hydrogen (secondary N) is 1. The molecule has 1 heterocycles. The zero-order valence-corrected chi connectivity index (χ0v) is 16.8. The predicted octanol–water partition coefficient (Wildman–Crippen LogP) is 5.00. The Labute approximate surface area is 165 Å². The van der Waals surface area contributed by atoms with Crippen molar-refractivity contribution in [2.24, 2.45) is 5.92 Å². The van der Waals surface area contributed by atoms with Gasteiger partial charge in [0, 0.05) is 18.0 Å². The molecule has 2 aromatic carbocycles. The number of aromatic nitrogens is 2. The van der Waals surface area contributed by atoms with Gasteiger partial charge in [-0.3, -0.25) is 4.79 Å². The van der Waals surface area contributed by atoms with Crippen molar-refractivity contribution in [3.05, 3.63) is 64.9 Å². The summed E-state index contributed by atoms with van der Waals surface area (Å²) < 4.78 is 2.08. The summed E-state index contributed by atoms with van der Waals surface area (Å²) >= 11 is 6.37. The van der Waals surface area contributed by atoms with Crippen molar-refractivity contribution in [3.63, 3.8) is 0 Å². The fraction of sp³-hybridized carbons (Fsp3) is 0.364. The van der Waals surface area contributed by atoms with E-state index < -0.39 is 0 Å². The van der Waals surface area contributed by atoms with Crippen LogP contribution in [-0.2, 0) is 11.2 Å². The number of para-hydroxylation sites is 2. The SMILES string of the molecule is CC[C@H](C(=O)NCC(C)C)n1c(Cc2ccccc2Cl)nc2ccccc21. The van der Waals surface area contributed by atoms with Crippen molar-refractivity contribution in [2.75, 3.05) is 6.54 Å². The summed E-state index contributed by atoms with van der Waals surface area (Å²) in [6.07, 6.45) is 1.28. The second kappa shape index (κ2) is 8.57. The smallest absolute Gasteiger partial charge is 0.243 e.